The molecule has 5 nitrogen and oxygen atoms in total. The second-order valence-corrected chi connectivity index (χ2v) is 6.33. The maximum Gasteiger partial charge on any atom is 0.418 e. The van der Waals surface area contributed by atoms with Gasteiger partial charge in [-0.05, 0) is 31.9 Å². The minimum absolute atomic E-state index is 0.0855. The molecule has 0 spiro atoms. The highest BCUT2D eigenvalue weighted by Gasteiger charge is 2.34. The Labute approximate surface area is 149 Å². The summed E-state index contributed by atoms with van der Waals surface area (Å²) in [5.41, 5.74) is -1.06. The number of nitrogens with zero attached hydrogens (tertiary/aromatic N) is 3. The van der Waals surface area contributed by atoms with E-state index in [4.69, 9.17) is 0 Å². The number of alkyl halides is 3. The normalized spacial score (nSPS) is 18.0. The van der Waals surface area contributed by atoms with Gasteiger partial charge < -0.3 is 14.8 Å². The summed E-state index contributed by atoms with van der Waals surface area (Å²) in [6.07, 6.45) is 0.807. The van der Waals surface area contributed by atoms with Gasteiger partial charge in [0.15, 0.2) is 0 Å². The van der Waals surface area contributed by atoms with E-state index in [1.54, 1.807) is 11.1 Å². The number of halogens is 3. The van der Waals surface area contributed by atoms with Crippen molar-refractivity contribution in [3.05, 3.63) is 48.0 Å². The number of anilines is 1. The van der Waals surface area contributed by atoms with Crippen LogP contribution in [0.25, 0.3) is 0 Å². The Kier molecular flexibility index (Phi) is 5.20. The number of para-hydroxylation sites is 1. The van der Waals surface area contributed by atoms with Gasteiger partial charge in [0.05, 0.1) is 11.3 Å². The molecule has 1 fully saturated rings. The van der Waals surface area contributed by atoms with Crippen LogP contribution in [0.5, 0.6) is 0 Å². The average Bonchev–Trinajstić information content (AvgIpc) is 3.10. The summed E-state index contributed by atoms with van der Waals surface area (Å²) < 4.78 is 41.3. The average molecular weight is 366 g/mol. The van der Waals surface area contributed by atoms with Gasteiger partial charge in [0.1, 0.15) is 5.82 Å². The maximum atomic E-state index is 13.1. The molecule has 0 aliphatic carbocycles. The standard InChI is InChI=1S/C18H21F3N4O/c1-2-24-11-9-22-16(24)13-6-5-10-25(12-13)17(26)23-15-8-4-3-7-14(15)18(19,20)21/h3-4,7-9,11,13H,2,5-6,10,12H2,1H3,(H,23,26)/t13-/m1/s1. The Balaban J connectivity index is 1.73. The van der Waals surface area contributed by atoms with Crippen LogP contribution in [0.4, 0.5) is 23.7 Å². The van der Waals surface area contributed by atoms with E-state index in [1.165, 1.54) is 18.2 Å². The summed E-state index contributed by atoms with van der Waals surface area (Å²) in [6.45, 7) is 3.77. The predicted octanol–water partition coefficient (Wildman–Crippen LogP) is 4.33. The molecule has 1 aliphatic rings. The van der Waals surface area contributed by atoms with Crippen LogP contribution < -0.4 is 5.32 Å². The van der Waals surface area contributed by atoms with E-state index in [-0.39, 0.29) is 11.6 Å². The highest BCUT2D eigenvalue weighted by atomic mass is 19.4. The zero-order valence-electron chi connectivity index (χ0n) is 14.5. The van der Waals surface area contributed by atoms with Crippen molar-refractivity contribution in [2.75, 3.05) is 18.4 Å². The van der Waals surface area contributed by atoms with Crippen LogP contribution in [0.15, 0.2) is 36.7 Å². The van der Waals surface area contributed by atoms with Crippen LogP contribution >= 0.6 is 0 Å². The van der Waals surface area contributed by atoms with Crippen LogP contribution in [0.2, 0.25) is 0 Å². The molecule has 2 amide bonds. The second kappa shape index (κ2) is 7.39. The summed E-state index contributed by atoms with van der Waals surface area (Å²) in [5.74, 6) is 1.00. The van der Waals surface area contributed by atoms with Crippen molar-refractivity contribution in [1.29, 1.82) is 0 Å². The van der Waals surface area contributed by atoms with E-state index < -0.39 is 17.8 Å². The zero-order chi connectivity index (χ0) is 18.7. The van der Waals surface area contributed by atoms with Gasteiger partial charge in [-0.2, -0.15) is 13.2 Å². The summed E-state index contributed by atoms with van der Waals surface area (Å²) in [6, 6.07) is 4.50. The van der Waals surface area contributed by atoms with Crippen molar-refractivity contribution in [3.8, 4) is 0 Å². The Bertz CT molecular complexity index is 772. The summed E-state index contributed by atoms with van der Waals surface area (Å²) in [5, 5.41) is 2.42. The molecular formula is C18H21F3N4O. The Morgan fingerprint density at radius 2 is 2.12 bits per heavy atom. The lowest BCUT2D eigenvalue weighted by molar-refractivity contribution is -0.136. The number of amides is 2. The number of benzene rings is 1. The fourth-order valence-electron chi connectivity index (χ4n) is 3.35. The van der Waals surface area contributed by atoms with E-state index in [1.807, 2.05) is 17.7 Å². The van der Waals surface area contributed by atoms with Gasteiger partial charge in [-0.25, -0.2) is 9.78 Å². The molecule has 0 unspecified atom stereocenters. The molecule has 0 saturated carbocycles. The monoisotopic (exact) mass is 366 g/mol. The quantitative estimate of drug-likeness (QED) is 0.879. The number of aromatic nitrogens is 2. The first kappa shape index (κ1) is 18.3. The van der Waals surface area contributed by atoms with Crippen molar-refractivity contribution in [2.24, 2.45) is 0 Å². The van der Waals surface area contributed by atoms with Gasteiger partial charge >= 0.3 is 12.2 Å². The van der Waals surface area contributed by atoms with E-state index in [0.29, 0.717) is 13.1 Å². The molecule has 26 heavy (non-hydrogen) atoms. The Hall–Kier alpha value is -2.51. The number of imidazole rings is 1. The molecule has 8 heteroatoms. The van der Waals surface area contributed by atoms with Crippen molar-refractivity contribution < 1.29 is 18.0 Å². The topological polar surface area (TPSA) is 50.2 Å². The van der Waals surface area contributed by atoms with E-state index >= 15 is 0 Å². The van der Waals surface area contributed by atoms with Gasteiger partial charge in [-0.3, -0.25) is 0 Å². The number of hydrogen-bond donors (Lipinski definition) is 1. The molecule has 1 atom stereocenters. The lowest BCUT2D eigenvalue weighted by atomic mass is 9.97. The summed E-state index contributed by atoms with van der Waals surface area (Å²) in [4.78, 5) is 18.5. The van der Waals surface area contributed by atoms with Gasteiger partial charge in [0.25, 0.3) is 0 Å². The summed E-state index contributed by atoms with van der Waals surface area (Å²) >= 11 is 0. The third-order valence-corrected chi connectivity index (χ3v) is 4.64. The van der Waals surface area contributed by atoms with E-state index in [0.717, 1.165) is 31.3 Å². The van der Waals surface area contributed by atoms with Gasteiger partial charge in [0.2, 0.25) is 0 Å². The highest BCUT2D eigenvalue weighted by molar-refractivity contribution is 5.90. The minimum atomic E-state index is -4.51. The largest absolute Gasteiger partial charge is 0.418 e. The van der Waals surface area contributed by atoms with Crippen molar-refractivity contribution in [3.63, 3.8) is 0 Å². The Morgan fingerprint density at radius 3 is 2.85 bits per heavy atom. The molecule has 3 rings (SSSR count). The molecule has 1 aromatic heterocycles. The van der Waals surface area contributed by atoms with Crippen molar-refractivity contribution in [1.82, 2.24) is 14.5 Å². The molecule has 140 valence electrons. The second-order valence-electron chi connectivity index (χ2n) is 6.33. The first-order chi connectivity index (χ1) is 12.4. The van der Waals surface area contributed by atoms with Gasteiger partial charge in [0, 0.05) is 37.9 Å². The number of hydrogen-bond acceptors (Lipinski definition) is 2. The zero-order valence-corrected chi connectivity index (χ0v) is 14.5. The Morgan fingerprint density at radius 1 is 1.35 bits per heavy atom. The van der Waals surface area contributed by atoms with Gasteiger partial charge in [-0.15, -0.1) is 0 Å². The number of rotatable bonds is 3. The number of carbonyl (C=O) groups excluding carboxylic acids is 1. The fraction of sp³-hybridized carbons (Fsp3) is 0.444. The fourth-order valence-corrected chi connectivity index (χ4v) is 3.35. The number of likely N-dealkylation sites (tertiary alicyclic amines) is 1. The predicted molar refractivity (Wildman–Crippen MR) is 91.9 cm³/mol. The SMILES string of the molecule is CCn1ccnc1[C@@H]1CCCN(C(=O)Nc2ccccc2C(F)(F)F)C1. The third kappa shape index (κ3) is 3.84. The van der Waals surface area contributed by atoms with Crippen LogP contribution in [0, 0.1) is 0 Å². The summed E-state index contributed by atoms with van der Waals surface area (Å²) in [7, 11) is 0. The number of urea groups is 1. The van der Waals surface area contributed by atoms with Crippen LogP contribution in [0.3, 0.4) is 0 Å². The molecule has 2 aromatic rings. The maximum absolute atomic E-state index is 13.1. The smallest absolute Gasteiger partial charge is 0.335 e. The molecule has 1 aromatic carbocycles. The number of aryl methyl sites for hydroxylation is 1. The highest BCUT2D eigenvalue weighted by Crippen LogP contribution is 2.35. The number of carbonyl (C=O) groups is 1. The number of nitrogens with one attached hydrogen (secondary N) is 1. The molecule has 1 aliphatic heterocycles. The molecular weight excluding hydrogens is 345 g/mol. The van der Waals surface area contributed by atoms with Crippen LogP contribution in [-0.4, -0.2) is 33.6 Å². The van der Waals surface area contributed by atoms with E-state index in [9.17, 15) is 18.0 Å². The molecule has 0 radical (unpaired) electrons. The number of piperidine rings is 1. The lowest BCUT2D eigenvalue weighted by Crippen LogP contribution is -2.42. The van der Waals surface area contributed by atoms with Crippen LogP contribution in [0.1, 0.15) is 37.1 Å². The van der Waals surface area contributed by atoms with Crippen molar-refractivity contribution >= 4 is 11.7 Å². The van der Waals surface area contributed by atoms with E-state index in [2.05, 4.69) is 10.3 Å². The molecule has 2 heterocycles. The van der Waals surface area contributed by atoms with Gasteiger partial charge in [-0.1, -0.05) is 12.1 Å². The molecule has 1 N–H and O–H groups in total. The minimum Gasteiger partial charge on any atom is -0.335 e. The first-order valence-corrected chi connectivity index (χ1v) is 8.63. The lowest BCUT2D eigenvalue weighted by Gasteiger charge is -2.33. The molecule has 1 saturated heterocycles. The molecule has 0 bridgehead atoms. The third-order valence-electron chi connectivity index (χ3n) is 4.64. The first-order valence-electron chi connectivity index (χ1n) is 8.63. The van der Waals surface area contributed by atoms with Crippen molar-refractivity contribution in [2.45, 2.75) is 38.4 Å². The van der Waals surface area contributed by atoms with Crippen LogP contribution in [-0.2, 0) is 12.7 Å².